The van der Waals surface area contributed by atoms with Crippen LogP contribution in [-0.2, 0) is 21.1 Å². The van der Waals surface area contributed by atoms with Crippen molar-refractivity contribution < 1.29 is 17.6 Å². The van der Waals surface area contributed by atoms with E-state index in [0.717, 1.165) is 25.0 Å². The van der Waals surface area contributed by atoms with E-state index < -0.39 is 9.84 Å². The molecule has 27 heavy (non-hydrogen) atoms. The van der Waals surface area contributed by atoms with Crippen LogP contribution in [0.5, 0.6) is 0 Å². The highest BCUT2D eigenvalue weighted by molar-refractivity contribution is 7.91. The van der Waals surface area contributed by atoms with E-state index in [0.29, 0.717) is 36.2 Å². The van der Waals surface area contributed by atoms with Gasteiger partial charge in [-0.25, -0.2) is 13.4 Å². The molecule has 2 fully saturated rings. The lowest BCUT2D eigenvalue weighted by atomic mass is 10.1. The molecule has 8 heteroatoms. The molecule has 0 spiro atoms. The zero-order chi connectivity index (χ0) is 18.9. The van der Waals surface area contributed by atoms with Crippen molar-refractivity contribution >= 4 is 21.4 Å². The van der Waals surface area contributed by atoms with E-state index in [4.69, 9.17) is 20.8 Å². The number of ether oxygens (including phenoxy) is 1. The van der Waals surface area contributed by atoms with Gasteiger partial charge in [-0.15, -0.1) is 0 Å². The summed E-state index contributed by atoms with van der Waals surface area (Å²) in [5.41, 5.74) is 0.910. The average molecular weight is 411 g/mol. The fourth-order valence-corrected chi connectivity index (χ4v) is 5.65. The summed E-state index contributed by atoms with van der Waals surface area (Å²) in [5, 5.41) is 0.670. The Balaban J connectivity index is 1.49. The van der Waals surface area contributed by atoms with E-state index in [-0.39, 0.29) is 23.7 Å². The monoisotopic (exact) mass is 410 g/mol. The maximum atomic E-state index is 11.9. The maximum Gasteiger partial charge on any atom is 0.209 e. The standard InChI is InChI=1S/C19H23ClN2O4S/c20-15-5-3-14(4-6-15)18-10-21-19(26-18)12-22(11-17-2-1-8-25-17)16-7-9-27(23,24)13-16/h3-6,10,16-17H,1-2,7-9,11-13H2. The number of halogens is 1. The minimum atomic E-state index is -2.95. The zero-order valence-electron chi connectivity index (χ0n) is 15.0. The van der Waals surface area contributed by atoms with Crippen LogP contribution in [-0.4, -0.2) is 55.1 Å². The Morgan fingerprint density at radius 2 is 2.04 bits per heavy atom. The van der Waals surface area contributed by atoms with E-state index in [9.17, 15) is 8.42 Å². The van der Waals surface area contributed by atoms with Crippen LogP contribution in [0.4, 0.5) is 0 Å². The summed E-state index contributed by atoms with van der Waals surface area (Å²) in [6.45, 7) is 1.97. The van der Waals surface area contributed by atoms with Gasteiger partial charge in [0.15, 0.2) is 15.6 Å². The van der Waals surface area contributed by atoms with Crippen LogP contribution in [0.3, 0.4) is 0 Å². The molecule has 2 aromatic rings. The Bertz CT molecular complexity index is 875. The third-order valence-electron chi connectivity index (χ3n) is 5.21. The first-order chi connectivity index (χ1) is 13.0. The van der Waals surface area contributed by atoms with Crippen molar-refractivity contribution in [1.29, 1.82) is 0 Å². The van der Waals surface area contributed by atoms with Gasteiger partial charge in [0.2, 0.25) is 5.89 Å². The Labute approximate surface area is 164 Å². The Morgan fingerprint density at radius 1 is 1.22 bits per heavy atom. The summed E-state index contributed by atoms with van der Waals surface area (Å²) in [6, 6.07) is 7.39. The summed E-state index contributed by atoms with van der Waals surface area (Å²) in [5.74, 6) is 1.71. The summed E-state index contributed by atoms with van der Waals surface area (Å²) in [4.78, 5) is 6.57. The molecule has 1 aromatic heterocycles. The second kappa shape index (κ2) is 7.91. The quantitative estimate of drug-likeness (QED) is 0.728. The lowest BCUT2D eigenvalue weighted by molar-refractivity contribution is 0.0540. The van der Waals surface area contributed by atoms with Gasteiger partial charge in [0.1, 0.15) is 0 Å². The highest BCUT2D eigenvalue weighted by Gasteiger charge is 2.34. The lowest BCUT2D eigenvalue weighted by Crippen LogP contribution is -2.40. The molecule has 0 saturated carbocycles. The van der Waals surface area contributed by atoms with Crippen molar-refractivity contribution in [3.63, 3.8) is 0 Å². The van der Waals surface area contributed by atoms with Crippen LogP contribution >= 0.6 is 11.6 Å². The van der Waals surface area contributed by atoms with Crippen molar-refractivity contribution in [1.82, 2.24) is 9.88 Å². The second-order valence-electron chi connectivity index (χ2n) is 7.25. The number of aromatic nitrogens is 1. The molecule has 146 valence electrons. The molecule has 0 amide bonds. The van der Waals surface area contributed by atoms with Gasteiger partial charge < -0.3 is 9.15 Å². The molecule has 2 aliphatic heterocycles. The number of hydrogen-bond acceptors (Lipinski definition) is 6. The topological polar surface area (TPSA) is 72.6 Å². The summed E-state index contributed by atoms with van der Waals surface area (Å²) in [6.07, 6.45) is 4.58. The van der Waals surface area contributed by atoms with Crippen molar-refractivity contribution in [2.24, 2.45) is 0 Å². The summed E-state index contributed by atoms with van der Waals surface area (Å²) < 4.78 is 35.6. The van der Waals surface area contributed by atoms with Gasteiger partial charge in [0, 0.05) is 29.8 Å². The second-order valence-corrected chi connectivity index (χ2v) is 9.91. The third kappa shape index (κ3) is 4.71. The number of oxazole rings is 1. The van der Waals surface area contributed by atoms with Crippen molar-refractivity contribution in [2.75, 3.05) is 24.7 Å². The highest BCUT2D eigenvalue weighted by Crippen LogP contribution is 2.26. The normalized spacial score (nSPS) is 24.7. The smallest absolute Gasteiger partial charge is 0.209 e. The van der Waals surface area contributed by atoms with Gasteiger partial charge in [0.25, 0.3) is 0 Å². The Kier molecular flexibility index (Phi) is 5.55. The van der Waals surface area contributed by atoms with Crippen LogP contribution in [0, 0.1) is 0 Å². The van der Waals surface area contributed by atoms with Crippen molar-refractivity contribution in [3.8, 4) is 11.3 Å². The van der Waals surface area contributed by atoms with Crippen LogP contribution < -0.4 is 0 Å². The number of hydrogen-bond donors (Lipinski definition) is 0. The molecule has 0 bridgehead atoms. The molecule has 2 saturated heterocycles. The summed E-state index contributed by atoms with van der Waals surface area (Å²) >= 11 is 5.94. The molecule has 2 unspecified atom stereocenters. The Morgan fingerprint density at radius 3 is 2.70 bits per heavy atom. The van der Waals surface area contributed by atoms with Crippen LogP contribution in [0.2, 0.25) is 5.02 Å². The highest BCUT2D eigenvalue weighted by atomic mass is 35.5. The predicted octanol–water partition coefficient (Wildman–Crippen LogP) is 3.16. The van der Waals surface area contributed by atoms with E-state index >= 15 is 0 Å². The van der Waals surface area contributed by atoms with Crippen molar-refractivity contribution in [2.45, 2.75) is 38.0 Å². The number of rotatable bonds is 6. The predicted molar refractivity (Wildman–Crippen MR) is 103 cm³/mol. The molecule has 0 N–H and O–H groups in total. The fourth-order valence-electron chi connectivity index (χ4n) is 3.76. The van der Waals surface area contributed by atoms with Crippen molar-refractivity contribution in [3.05, 3.63) is 41.4 Å². The van der Waals surface area contributed by atoms with Gasteiger partial charge in [-0.2, -0.15) is 0 Å². The first kappa shape index (κ1) is 18.9. The van der Waals surface area contributed by atoms with Gasteiger partial charge in [-0.3, -0.25) is 4.90 Å². The number of benzene rings is 1. The molecule has 2 atom stereocenters. The molecular weight excluding hydrogens is 388 g/mol. The van der Waals surface area contributed by atoms with Crippen LogP contribution in [0.15, 0.2) is 34.9 Å². The molecule has 0 aliphatic carbocycles. The molecule has 1 aromatic carbocycles. The molecule has 4 rings (SSSR count). The van der Waals surface area contributed by atoms with Crippen LogP contribution in [0.1, 0.15) is 25.2 Å². The Hall–Kier alpha value is -1.41. The molecule has 0 radical (unpaired) electrons. The average Bonchev–Trinajstić information content (AvgIpc) is 3.36. The van der Waals surface area contributed by atoms with E-state index in [1.165, 1.54) is 0 Å². The van der Waals surface area contributed by atoms with E-state index in [1.54, 1.807) is 6.20 Å². The molecule has 6 nitrogen and oxygen atoms in total. The van der Waals surface area contributed by atoms with Gasteiger partial charge in [-0.05, 0) is 43.5 Å². The lowest BCUT2D eigenvalue weighted by Gasteiger charge is -2.29. The fraction of sp³-hybridized carbons (Fsp3) is 0.526. The molecular formula is C19H23ClN2O4S. The number of sulfone groups is 1. The van der Waals surface area contributed by atoms with Gasteiger partial charge in [0.05, 0.1) is 30.4 Å². The summed E-state index contributed by atoms with van der Waals surface area (Å²) in [7, 11) is -2.95. The largest absolute Gasteiger partial charge is 0.439 e. The minimum Gasteiger partial charge on any atom is -0.439 e. The first-order valence-corrected chi connectivity index (χ1v) is 11.5. The number of nitrogens with zero attached hydrogens (tertiary/aromatic N) is 2. The van der Waals surface area contributed by atoms with E-state index in [1.807, 2.05) is 24.3 Å². The third-order valence-corrected chi connectivity index (χ3v) is 7.21. The van der Waals surface area contributed by atoms with E-state index in [2.05, 4.69) is 9.88 Å². The molecule has 3 heterocycles. The minimum absolute atomic E-state index is 0.00918. The molecule has 2 aliphatic rings. The zero-order valence-corrected chi connectivity index (χ0v) is 16.6. The van der Waals surface area contributed by atoms with Gasteiger partial charge >= 0.3 is 0 Å². The van der Waals surface area contributed by atoms with Gasteiger partial charge in [-0.1, -0.05) is 11.6 Å². The maximum absolute atomic E-state index is 11.9. The van der Waals surface area contributed by atoms with Crippen LogP contribution in [0.25, 0.3) is 11.3 Å². The first-order valence-electron chi connectivity index (χ1n) is 9.25. The SMILES string of the molecule is O=S1(=O)CCC(N(Cc2ncc(-c3ccc(Cl)cc3)o2)CC2CCCO2)C1.